The SMILES string of the molecule is COc1nc(C(=O)Nc2cc(OC)c(OC)cc2C(=O)N2CCCCC2)co1. The van der Waals surface area contributed by atoms with E-state index in [1.54, 1.807) is 17.0 Å². The molecule has 1 fully saturated rings. The minimum atomic E-state index is -0.535. The summed E-state index contributed by atoms with van der Waals surface area (Å²) in [5, 5.41) is 2.71. The second-order valence-corrected chi connectivity index (χ2v) is 6.26. The summed E-state index contributed by atoms with van der Waals surface area (Å²) in [6, 6.07) is 3.14. The van der Waals surface area contributed by atoms with Crippen LogP contribution in [0.5, 0.6) is 17.6 Å². The van der Waals surface area contributed by atoms with Crippen molar-refractivity contribution >= 4 is 17.5 Å². The van der Waals surface area contributed by atoms with Gasteiger partial charge in [0.05, 0.1) is 32.6 Å². The minimum absolute atomic E-state index is 0.0259. The third-order valence-electron chi connectivity index (χ3n) is 4.54. The second-order valence-electron chi connectivity index (χ2n) is 6.26. The Morgan fingerprint density at radius 3 is 2.32 bits per heavy atom. The molecule has 0 spiro atoms. The van der Waals surface area contributed by atoms with Gasteiger partial charge in [-0.15, -0.1) is 0 Å². The van der Waals surface area contributed by atoms with E-state index in [-0.39, 0.29) is 17.7 Å². The molecule has 1 aromatic carbocycles. The maximum absolute atomic E-state index is 13.1. The summed E-state index contributed by atoms with van der Waals surface area (Å²) in [5.41, 5.74) is 0.659. The first-order valence-electron chi connectivity index (χ1n) is 8.93. The van der Waals surface area contributed by atoms with Crippen molar-refractivity contribution in [1.82, 2.24) is 9.88 Å². The number of hydrogen-bond acceptors (Lipinski definition) is 7. The average molecular weight is 389 g/mol. The Kier molecular flexibility index (Phi) is 6.03. The number of aromatic nitrogens is 1. The molecule has 0 atom stereocenters. The number of carbonyl (C=O) groups is 2. The van der Waals surface area contributed by atoms with Gasteiger partial charge < -0.3 is 28.8 Å². The van der Waals surface area contributed by atoms with Crippen LogP contribution < -0.4 is 19.5 Å². The molecule has 2 heterocycles. The third kappa shape index (κ3) is 4.03. The Morgan fingerprint density at radius 2 is 1.71 bits per heavy atom. The van der Waals surface area contributed by atoms with E-state index in [4.69, 9.17) is 18.6 Å². The molecule has 0 unspecified atom stereocenters. The zero-order valence-corrected chi connectivity index (χ0v) is 16.1. The van der Waals surface area contributed by atoms with E-state index in [0.29, 0.717) is 35.8 Å². The number of nitrogens with zero attached hydrogens (tertiary/aromatic N) is 2. The molecule has 2 aromatic rings. The molecule has 0 aliphatic carbocycles. The van der Waals surface area contributed by atoms with Crippen LogP contribution in [0.15, 0.2) is 22.8 Å². The highest BCUT2D eigenvalue weighted by atomic mass is 16.6. The molecule has 1 N–H and O–H groups in total. The number of likely N-dealkylation sites (tertiary alicyclic amines) is 1. The third-order valence-corrected chi connectivity index (χ3v) is 4.54. The standard InChI is InChI=1S/C19H23N3O6/c1-25-15-9-12(18(24)22-7-5-4-6-8-22)13(10-16(15)26-2)20-17(23)14-11-28-19(21-14)27-3/h9-11H,4-8H2,1-3H3,(H,20,23). The van der Waals surface area contributed by atoms with Crippen LogP contribution in [0.25, 0.3) is 0 Å². The van der Waals surface area contributed by atoms with Crippen molar-refractivity contribution in [2.24, 2.45) is 0 Å². The first-order valence-corrected chi connectivity index (χ1v) is 8.93. The molecule has 1 aromatic heterocycles. The van der Waals surface area contributed by atoms with Crippen LogP contribution in [0, 0.1) is 0 Å². The van der Waals surface area contributed by atoms with Crippen molar-refractivity contribution < 1.29 is 28.2 Å². The first-order chi connectivity index (χ1) is 13.6. The number of hydrogen-bond donors (Lipinski definition) is 1. The number of carbonyl (C=O) groups excluding carboxylic acids is 2. The Hall–Kier alpha value is -3.23. The maximum Gasteiger partial charge on any atom is 0.393 e. The Bertz CT molecular complexity index is 857. The lowest BCUT2D eigenvalue weighted by Gasteiger charge is -2.28. The molecular formula is C19H23N3O6. The normalized spacial score (nSPS) is 13.8. The zero-order chi connectivity index (χ0) is 20.1. The van der Waals surface area contributed by atoms with Gasteiger partial charge in [0.2, 0.25) is 0 Å². The maximum atomic E-state index is 13.1. The van der Waals surface area contributed by atoms with Gasteiger partial charge in [0.15, 0.2) is 17.2 Å². The first kappa shape index (κ1) is 19.5. The predicted molar refractivity (Wildman–Crippen MR) is 100 cm³/mol. The van der Waals surface area contributed by atoms with Crippen LogP contribution in [0.3, 0.4) is 0 Å². The van der Waals surface area contributed by atoms with Gasteiger partial charge in [-0.3, -0.25) is 9.59 Å². The lowest BCUT2D eigenvalue weighted by atomic mass is 10.1. The van der Waals surface area contributed by atoms with Crippen molar-refractivity contribution in [1.29, 1.82) is 0 Å². The molecular weight excluding hydrogens is 366 g/mol. The minimum Gasteiger partial charge on any atom is -0.493 e. The van der Waals surface area contributed by atoms with Gasteiger partial charge in [-0.05, 0) is 25.3 Å². The van der Waals surface area contributed by atoms with Crippen molar-refractivity contribution in [2.75, 3.05) is 39.7 Å². The van der Waals surface area contributed by atoms with Gasteiger partial charge in [-0.1, -0.05) is 0 Å². The molecule has 1 aliphatic heterocycles. The monoisotopic (exact) mass is 389 g/mol. The molecule has 2 amide bonds. The summed E-state index contributed by atoms with van der Waals surface area (Å²) in [4.78, 5) is 31.3. The fourth-order valence-electron chi connectivity index (χ4n) is 3.07. The highest BCUT2D eigenvalue weighted by molar-refractivity contribution is 6.08. The molecule has 1 aliphatic rings. The lowest BCUT2D eigenvalue weighted by molar-refractivity contribution is 0.0725. The number of ether oxygens (including phenoxy) is 3. The van der Waals surface area contributed by atoms with Crippen molar-refractivity contribution in [3.8, 4) is 17.6 Å². The Balaban J connectivity index is 1.94. The number of benzene rings is 1. The van der Waals surface area contributed by atoms with E-state index in [1.165, 1.54) is 27.6 Å². The highest BCUT2D eigenvalue weighted by Crippen LogP contribution is 2.34. The summed E-state index contributed by atoms with van der Waals surface area (Å²) >= 11 is 0. The molecule has 1 saturated heterocycles. The molecule has 0 bridgehead atoms. The second kappa shape index (κ2) is 8.64. The summed E-state index contributed by atoms with van der Waals surface area (Å²) in [5.74, 6) is 0.0929. The summed E-state index contributed by atoms with van der Waals surface area (Å²) in [6.45, 7) is 1.36. The smallest absolute Gasteiger partial charge is 0.393 e. The number of piperidine rings is 1. The van der Waals surface area contributed by atoms with Crippen molar-refractivity contribution in [2.45, 2.75) is 19.3 Å². The van der Waals surface area contributed by atoms with Crippen LogP contribution in [-0.2, 0) is 0 Å². The van der Waals surface area contributed by atoms with Gasteiger partial charge in [-0.2, -0.15) is 4.98 Å². The summed E-state index contributed by atoms with van der Waals surface area (Å²) in [6.07, 6.45) is 4.18. The van der Waals surface area contributed by atoms with Crippen molar-refractivity contribution in [3.63, 3.8) is 0 Å². The number of amides is 2. The number of nitrogens with one attached hydrogen (secondary N) is 1. The summed E-state index contributed by atoms with van der Waals surface area (Å²) in [7, 11) is 4.36. The van der Waals surface area contributed by atoms with Crippen LogP contribution >= 0.6 is 0 Å². The Labute approximate surface area is 162 Å². The molecule has 3 rings (SSSR count). The van der Waals surface area contributed by atoms with E-state index in [1.807, 2.05) is 0 Å². The fourth-order valence-corrected chi connectivity index (χ4v) is 3.07. The number of oxazole rings is 1. The number of anilines is 1. The molecule has 150 valence electrons. The average Bonchev–Trinajstić information content (AvgIpc) is 3.23. The van der Waals surface area contributed by atoms with Crippen LogP contribution in [0.2, 0.25) is 0 Å². The van der Waals surface area contributed by atoms with Gasteiger partial charge in [0.25, 0.3) is 11.8 Å². The van der Waals surface area contributed by atoms with Crippen LogP contribution in [-0.4, -0.2) is 56.1 Å². The van der Waals surface area contributed by atoms with Gasteiger partial charge in [0, 0.05) is 19.2 Å². The predicted octanol–water partition coefficient (Wildman–Crippen LogP) is 2.58. The molecule has 0 radical (unpaired) electrons. The van der Waals surface area contributed by atoms with Gasteiger partial charge >= 0.3 is 6.08 Å². The summed E-state index contributed by atoms with van der Waals surface area (Å²) < 4.78 is 20.5. The fraction of sp³-hybridized carbons (Fsp3) is 0.421. The van der Waals surface area contributed by atoms with E-state index in [9.17, 15) is 9.59 Å². The molecule has 0 saturated carbocycles. The largest absolute Gasteiger partial charge is 0.493 e. The number of rotatable bonds is 6. The highest BCUT2D eigenvalue weighted by Gasteiger charge is 2.25. The topological polar surface area (TPSA) is 103 Å². The van der Waals surface area contributed by atoms with Gasteiger partial charge in [-0.25, -0.2) is 0 Å². The lowest BCUT2D eigenvalue weighted by Crippen LogP contribution is -2.36. The molecule has 9 nitrogen and oxygen atoms in total. The van der Waals surface area contributed by atoms with Gasteiger partial charge in [0.1, 0.15) is 6.26 Å². The zero-order valence-electron chi connectivity index (χ0n) is 16.1. The number of methoxy groups -OCH3 is 3. The van der Waals surface area contributed by atoms with E-state index in [0.717, 1.165) is 19.3 Å². The van der Waals surface area contributed by atoms with E-state index >= 15 is 0 Å². The van der Waals surface area contributed by atoms with E-state index < -0.39 is 5.91 Å². The Morgan fingerprint density at radius 1 is 1.04 bits per heavy atom. The van der Waals surface area contributed by atoms with Crippen LogP contribution in [0.4, 0.5) is 5.69 Å². The molecule has 28 heavy (non-hydrogen) atoms. The van der Waals surface area contributed by atoms with Crippen LogP contribution in [0.1, 0.15) is 40.1 Å². The van der Waals surface area contributed by atoms with Crippen molar-refractivity contribution in [3.05, 3.63) is 29.7 Å². The van der Waals surface area contributed by atoms with E-state index in [2.05, 4.69) is 10.3 Å². The molecule has 9 heteroatoms. The quantitative estimate of drug-likeness (QED) is 0.810.